The van der Waals surface area contributed by atoms with Gasteiger partial charge >= 0.3 is 0 Å². The Balaban J connectivity index is 2.52. The summed E-state index contributed by atoms with van der Waals surface area (Å²) < 4.78 is 0.675. The molecule has 0 spiro atoms. The van der Waals surface area contributed by atoms with Crippen molar-refractivity contribution in [2.45, 2.75) is 6.92 Å². The van der Waals surface area contributed by atoms with Crippen LogP contribution in [0, 0.1) is 0 Å². The summed E-state index contributed by atoms with van der Waals surface area (Å²) in [5.74, 6) is -0.462. The first-order chi connectivity index (χ1) is 8.00. The lowest BCUT2D eigenvalue weighted by molar-refractivity contribution is -0.118. The summed E-state index contributed by atoms with van der Waals surface area (Å²) in [6, 6.07) is 1.59. The van der Waals surface area contributed by atoms with Gasteiger partial charge in [-0.05, 0) is 22.0 Å². The van der Waals surface area contributed by atoms with Crippen LogP contribution in [0.25, 0.3) is 0 Å². The van der Waals surface area contributed by atoms with Crippen LogP contribution in [-0.4, -0.2) is 29.9 Å². The fourth-order valence-corrected chi connectivity index (χ4v) is 1.61. The zero-order valence-electron chi connectivity index (χ0n) is 9.09. The van der Waals surface area contributed by atoms with Crippen molar-refractivity contribution in [3.8, 4) is 0 Å². The maximum Gasteiger partial charge on any atom is 0.254 e. The van der Waals surface area contributed by atoms with Crippen LogP contribution in [0.3, 0.4) is 0 Å². The van der Waals surface area contributed by atoms with Gasteiger partial charge in [0.2, 0.25) is 5.91 Å². The molecule has 1 aromatic heterocycles. The van der Waals surface area contributed by atoms with Gasteiger partial charge < -0.3 is 10.6 Å². The summed E-state index contributed by atoms with van der Waals surface area (Å²) in [4.78, 5) is 26.1. The molecule has 0 radical (unpaired) electrons. The minimum Gasteiger partial charge on any atom is -0.355 e. The van der Waals surface area contributed by atoms with E-state index in [9.17, 15) is 9.59 Å². The van der Waals surface area contributed by atoms with Gasteiger partial charge in [-0.15, -0.1) is 0 Å². The molecule has 0 atom stereocenters. The number of nitrogens with one attached hydrogen (secondary N) is 2. The summed E-state index contributed by atoms with van der Waals surface area (Å²) >= 11 is 9.00. The molecule has 0 aliphatic rings. The summed E-state index contributed by atoms with van der Waals surface area (Å²) in [5, 5.41) is 5.33. The number of nitrogens with zero attached hydrogens (tertiary/aromatic N) is 1. The maximum atomic E-state index is 11.7. The van der Waals surface area contributed by atoms with E-state index < -0.39 is 0 Å². The Morgan fingerprint density at radius 3 is 2.71 bits per heavy atom. The molecular formula is C10H11BrClN3O2. The van der Waals surface area contributed by atoms with E-state index in [1.165, 1.54) is 13.1 Å². The Morgan fingerprint density at radius 2 is 2.06 bits per heavy atom. The van der Waals surface area contributed by atoms with Crippen LogP contribution in [0.15, 0.2) is 16.7 Å². The van der Waals surface area contributed by atoms with E-state index in [4.69, 9.17) is 11.6 Å². The highest BCUT2D eigenvalue weighted by Gasteiger charge is 2.11. The topological polar surface area (TPSA) is 71.1 Å². The molecule has 7 heteroatoms. The molecule has 0 saturated carbocycles. The number of carbonyl (C=O) groups is 2. The van der Waals surface area contributed by atoms with Gasteiger partial charge in [-0.3, -0.25) is 9.59 Å². The van der Waals surface area contributed by atoms with Gasteiger partial charge in [0.1, 0.15) is 5.15 Å². The van der Waals surface area contributed by atoms with Crippen molar-refractivity contribution >= 4 is 39.3 Å². The molecule has 2 amide bonds. The van der Waals surface area contributed by atoms with Crippen molar-refractivity contribution in [3.63, 3.8) is 0 Å². The number of rotatable bonds is 4. The monoisotopic (exact) mass is 319 g/mol. The van der Waals surface area contributed by atoms with Gasteiger partial charge in [-0.2, -0.15) is 0 Å². The molecular weight excluding hydrogens is 309 g/mol. The quantitative estimate of drug-likeness (QED) is 0.650. The maximum absolute atomic E-state index is 11.7. The molecule has 0 aliphatic carbocycles. The average Bonchev–Trinajstić information content (AvgIpc) is 2.27. The van der Waals surface area contributed by atoms with Crippen LogP contribution in [-0.2, 0) is 4.79 Å². The van der Waals surface area contributed by atoms with E-state index in [-0.39, 0.29) is 17.0 Å². The zero-order chi connectivity index (χ0) is 12.8. The Bertz CT molecular complexity index is 440. The van der Waals surface area contributed by atoms with E-state index in [1.54, 1.807) is 6.07 Å². The third-order valence-electron chi connectivity index (χ3n) is 1.83. The van der Waals surface area contributed by atoms with Crippen LogP contribution in [0.5, 0.6) is 0 Å². The molecule has 1 heterocycles. The highest BCUT2D eigenvalue weighted by molar-refractivity contribution is 9.10. The van der Waals surface area contributed by atoms with E-state index >= 15 is 0 Å². The molecule has 17 heavy (non-hydrogen) atoms. The van der Waals surface area contributed by atoms with Gasteiger partial charge in [-0.25, -0.2) is 4.98 Å². The standard InChI is InChI=1S/C10H11BrClN3O2/c1-6(16)13-2-3-14-10(17)8-4-7(11)5-15-9(8)12/h4-5H,2-3H2,1H3,(H,13,16)(H,14,17). The predicted octanol–water partition coefficient (Wildman–Crippen LogP) is 1.36. The highest BCUT2D eigenvalue weighted by Crippen LogP contribution is 2.17. The lowest BCUT2D eigenvalue weighted by Gasteiger charge is -2.06. The highest BCUT2D eigenvalue weighted by atomic mass is 79.9. The third-order valence-corrected chi connectivity index (χ3v) is 2.57. The molecule has 0 bridgehead atoms. The Hall–Kier alpha value is -1.14. The van der Waals surface area contributed by atoms with Crippen molar-refractivity contribution in [3.05, 3.63) is 27.5 Å². The van der Waals surface area contributed by atoms with Crippen LogP contribution >= 0.6 is 27.5 Å². The Morgan fingerprint density at radius 1 is 1.41 bits per heavy atom. The first-order valence-electron chi connectivity index (χ1n) is 4.84. The largest absolute Gasteiger partial charge is 0.355 e. The van der Waals surface area contributed by atoms with Crippen molar-refractivity contribution in [1.29, 1.82) is 0 Å². The Kier molecular flexibility index (Phi) is 5.37. The smallest absolute Gasteiger partial charge is 0.254 e. The van der Waals surface area contributed by atoms with E-state index in [0.29, 0.717) is 23.1 Å². The number of hydrogen-bond acceptors (Lipinski definition) is 3. The van der Waals surface area contributed by atoms with Crippen molar-refractivity contribution in [2.75, 3.05) is 13.1 Å². The van der Waals surface area contributed by atoms with Gasteiger partial charge in [0.05, 0.1) is 5.56 Å². The van der Waals surface area contributed by atoms with Gasteiger partial charge in [0, 0.05) is 30.7 Å². The Labute approximate surface area is 112 Å². The summed E-state index contributed by atoms with van der Waals surface area (Å²) in [6.45, 7) is 2.12. The van der Waals surface area contributed by atoms with Crippen molar-refractivity contribution in [1.82, 2.24) is 15.6 Å². The normalized spacial score (nSPS) is 9.82. The lowest BCUT2D eigenvalue weighted by atomic mass is 10.2. The van der Waals surface area contributed by atoms with E-state index in [0.717, 1.165) is 0 Å². The van der Waals surface area contributed by atoms with Crippen LogP contribution in [0.1, 0.15) is 17.3 Å². The average molecular weight is 321 g/mol. The minimum atomic E-state index is -0.325. The van der Waals surface area contributed by atoms with E-state index in [1.807, 2.05) is 0 Å². The number of amides is 2. The molecule has 2 N–H and O–H groups in total. The first-order valence-corrected chi connectivity index (χ1v) is 6.01. The van der Waals surface area contributed by atoms with Crippen molar-refractivity contribution in [2.24, 2.45) is 0 Å². The second-order valence-corrected chi connectivity index (χ2v) is 4.50. The molecule has 0 saturated heterocycles. The minimum absolute atomic E-state index is 0.138. The van der Waals surface area contributed by atoms with Gasteiger partial charge in [0.25, 0.3) is 5.91 Å². The second-order valence-electron chi connectivity index (χ2n) is 3.23. The summed E-state index contributed by atoms with van der Waals surface area (Å²) in [6.07, 6.45) is 1.51. The van der Waals surface area contributed by atoms with Crippen molar-refractivity contribution < 1.29 is 9.59 Å². The number of carbonyl (C=O) groups excluding carboxylic acids is 2. The van der Waals surface area contributed by atoms with Gasteiger partial charge in [0.15, 0.2) is 0 Å². The number of pyridine rings is 1. The molecule has 1 rings (SSSR count). The lowest BCUT2D eigenvalue weighted by Crippen LogP contribution is -2.33. The molecule has 0 unspecified atom stereocenters. The number of hydrogen-bond donors (Lipinski definition) is 2. The number of aromatic nitrogens is 1. The van der Waals surface area contributed by atoms with Crippen LogP contribution < -0.4 is 10.6 Å². The second kappa shape index (κ2) is 6.56. The molecule has 0 fully saturated rings. The molecule has 1 aromatic rings. The number of halogens is 2. The fourth-order valence-electron chi connectivity index (χ4n) is 1.09. The predicted molar refractivity (Wildman–Crippen MR) is 68.0 cm³/mol. The summed E-state index contributed by atoms with van der Waals surface area (Å²) in [5.41, 5.74) is 0.295. The van der Waals surface area contributed by atoms with Gasteiger partial charge in [-0.1, -0.05) is 11.6 Å². The molecule has 5 nitrogen and oxygen atoms in total. The molecule has 0 aliphatic heterocycles. The molecule has 0 aromatic carbocycles. The van der Waals surface area contributed by atoms with Crippen LogP contribution in [0.2, 0.25) is 5.15 Å². The first kappa shape index (κ1) is 13.9. The zero-order valence-corrected chi connectivity index (χ0v) is 11.4. The third kappa shape index (κ3) is 4.70. The van der Waals surface area contributed by atoms with E-state index in [2.05, 4.69) is 31.5 Å². The molecule has 92 valence electrons. The fraction of sp³-hybridized carbons (Fsp3) is 0.300. The van der Waals surface area contributed by atoms with Crippen LogP contribution in [0.4, 0.5) is 0 Å². The summed E-state index contributed by atoms with van der Waals surface area (Å²) in [7, 11) is 0. The SMILES string of the molecule is CC(=O)NCCNC(=O)c1cc(Br)cnc1Cl.